The average molecular weight is 470 g/mol. The summed E-state index contributed by atoms with van der Waals surface area (Å²) in [4.78, 5) is 12.8. The molecule has 0 saturated carbocycles. The van der Waals surface area contributed by atoms with Crippen molar-refractivity contribution in [3.05, 3.63) is 107 Å². The number of hydrogen-bond acceptors (Lipinski definition) is 4. The Balaban J connectivity index is 1.31. The molecule has 4 aromatic rings. The number of carbonyl (C=O) groups is 1. The van der Waals surface area contributed by atoms with Gasteiger partial charge in [0.15, 0.2) is 0 Å². The Bertz CT molecular complexity index is 1550. The van der Waals surface area contributed by atoms with Gasteiger partial charge in [0.1, 0.15) is 0 Å². The van der Waals surface area contributed by atoms with E-state index in [4.69, 9.17) is 0 Å². The van der Waals surface area contributed by atoms with Crippen LogP contribution < -0.4 is 9.73 Å². The monoisotopic (exact) mass is 469 g/mol. The van der Waals surface area contributed by atoms with Crippen molar-refractivity contribution in [2.45, 2.75) is 25.3 Å². The maximum Gasteiger partial charge on any atom is 0.271 e. The molecule has 0 spiro atoms. The van der Waals surface area contributed by atoms with E-state index < -0.39 is 10.0 Å². The van der Waals surface area contributed by atoms with Crippen molar-refractivity contribution in [1.29, 1.82) is 0 Å². The van der Waals surface area contributed by atoms with Crippen LogP contribution >= 0.6 is 0 Å². The summed E-state index contributed by atoms with van der Waals surface area (Å²) in [7, 11) is -3.63. The molecule has 0 bridgehead atoms. The Morgan fingerprint density at radius 1 is 0.971 bits per heavy atom. The van der Waals surface area contributed by atoms with Gasteiger partial charge in [0.05, 0.1) is 23.3 Å². The molecule has 5 rings (SSSR count). The van der Waals surface area contributed by atoms with E-state index >= 15 is 0 Å². The number of nitrogens with zero attached hydrogens (tertiary/aromatic N) is 2. The molecule has 7 heteroatoms. The second-order valence-corrected chi connectivity index (χ2v) is 10.2. The molecule has 0 aromatic heterocycles. The van der Waals surface area contributed by atoms with E-state index in [1.54, 1.807) is 42.6 Å². The number of amides is 1. The zero-order valence-corrected chi connectivity index (χ0v) is 19.6. The third-order valence-electron chi connectivity index (χ3n) is 6.02. The second-order valence-electron chi connectivity index (χ2n) is 8.40. The van der Waals surface area contributed by atoms with Crippen LogP contribution in [0.25, 0.3) is 10.8 Å². The van der Waals surface area contributed by atoms with Crippen LogP contribution in [0.5, 0.6) is 0 Å². The predicted octanol–water partition coefficient (Wildman–Crippen LogP) is 4.93. The maximum absolute atomic E-state index is 13.2. The van der Waals surface area contributed by atoms with Crippen LogP contribution in [0.2, 0.25) is 0 Å². The van der Waals surface area contributed by atoms with Crippen LogP contribution in [0.4, 0.5) is 5.69 Å². The molecule has 0 radical (unpaired) electrons. The number of hydrazone groups is 1. The number of rotatable bonds is 5. The van der Waals surface area contributed by atoms with Gasteiger partial charge >= 0.3 is 0 Å². The Labute approximate surface area is 198 Å². The smallest absolute Gasteiger partial charge is 0.267 e. The normalized spacial score (nSPS) is 14.1. The van der Waals surface area contributed by atoms with Crippen molar-refractivity contribution in [2.24, 2.45) is 5.10 Å². The highest BCUT2D eigenvalue weighted by Gasteiger charge is 2.35. The van der Waals surface area contributed by atoms with Gasteiger partial charge < -0.3 is 0 Å². The first-order valence-corrected chi connectivity index (χ1v) is 12.3. The zero-order chi connectivity index (χ0) is 23.9. The highest BCUT2D eigenvalue weighted by molar-refractivity contribution is 7.93. The number of aryl methyl sites for hydroxylation is 2. The van der Waals surface area contributed by atoms with E-state index in [-0.39, 0.29) is 12.5 Å². The number of nitrogens with one attached hydrogen (secondary N) is 1. The first kappa shape index (κ1) is 21.9. The molecule has 0 fully saturated rings. The molecule has 1 amide bonds. The summed E-state index contributed by atoms with van der Waals surface area (Å²) in [5.41, 5.74) is 7.63. The van der Waals surface area contributed by atoms with E-state index in [9.17, 15) is 13.2 Å². The quantitative estimate of drug-likeness (QED) is 0.333. The Hall–Kier alpha value is -3.97. The van der Waals surface area contributed by atoms with Gasteiger partial charge in [-0.15, -0.1) is 0 Å². The van der Waals surface area contributed by atoms with E-state index in [2.05, 4.69) is 16.6 Å². The molecular formula is C27H23N3O3S. The molecule has 6 nitrogen and oxygen atoms in total. The fourth-order valence-corrected chi connectivity index (χ4v) is 5.95. The molecular weight excluding hydrogens is 446 g/mol. The lowest BCUT2D eigenvalue weighted by atomic mass is 10.1. The Kier molecular flexibility index (Phi) is 5.42. The van der Waals surface area contributed by atoms with Crippen LogP contribution in [0, 0.1) is 13.8 Å². The van der Waals surface area contributed by atoms with Gasteiger partial charge in [-0.2, -0.15) is 5.10 Å². The van der Waals surface area contributed by atoms with Crippen molar-refractivity contribution >= 4 is 38.6 Å². The molecule has 0 atom stereocenters. The summed E-state index contributed by atoms with van der Waals surface area (Å²) in [5, 5.41) is 5.72. The van der Waals surface area contributed by atoms with Gasteiger partial charge in [-0.05, 0) is 60.2 Å². The molecule has 1 aliphatic rings. The van der Waals surface area contributed by atoms with Crippen LogP contribution in [0.3, 0.4) is 0 Å². The minimum Gasteiger partial charge on any atom is -0.267 e. The largest absolute Gasteiger partial charge is 0.271 e. The summed E-state index contributed by atoms with van der Waals surface area (Å²) in [5.74, 6) is -0.335. The minimum atomic E-state index is -3.63. The third-order valence-corrected chi connectivity index (χ3v) is 7.82. The van der Waals surface area contributed by atoms with Gasteiger partial charge in [0, 0.05) is 10.9 Å². The predicted molar refractivity (Wildman–Crippen MR) is 135 cm³/mol. The highest BCUT2D eigenvalue weighted by Crippen LogP contribution is 2.42. The SMILES string of the molecule is Cc1ccc(/C=N/NC(=O)c2ccc(CN3c4cccc5cccc(c45)S3(=O)=O)cc2)c(C)c1. The van der Waals surface area contributed by atoms with Crippen LogP contribution in [0.15, 0.2) is 88.9 Å². The molecule has 1 aliphatic heterocycles. The van der Waals surface area contributed by atoms with Crippen LogP contribution in [0.1, 0.15) is 32.6 Å². The summed E-state index contributed by atoms with van der Waals surface area (Å²) in [6, 6.07) is 23.8. The van der Waals surface area contributed by atoms with Gasteiger partial charge in [-0.1, -0.05) is 60.2 Å². The number of carbonyl (C=O) groups excluding carboxylic acids is 1. The van der Waals surface area contributed by atoms with E-state index in [1.807, 2.05) is 50.2 Å². The summed E-state index contributed by atoms with van der Waals surface area (Å²) >= 11 is 0. The topological polar surface area (TPSA) is 78.8 Å². The molecule has 1 heterocycles. The van der Waals surface area contributed by atoms with Crippen molar-refractivity contribution in [3.63, 3.8) is 0 Å². The number of hydrogen-bond donors (Lipinski definition) is 1. The Morgan fingerprint density at radius 3 is 2.44 bits per heavy atom. The van der Waals surface area contributed by atoms with Crippen molar-refractivity contribution in [3.8, 4) is 0 Å². The van der Waals surface area contributed by atoms with Gasteiger partial charge in [0.25, 0.3) is 15.9 Å². The summed E-state index contributed by atoms with van der Waals surface area (Å²) in [6.07, 6.45) is 1.62. The van der Waals surface area contributed by atoms with E-state index in [0.717, 1.165) is 27.5 Å². The van der Waals surface area contributed by atoms with Gasteiger partial charge in [0.2, 0.25) is 0 Å². The third kappa shape index (κ3) is 3.84. The van der Waals surface area contributed by atoms with Crippen LogP contribution in [-0.4, -0.2) is 20.5 Å². The lowest BCUT2D eigenvalue weighted by Crippen LogP contribution is -2.26. The molecule has 4 aromatic carbocycles. The molecule has 34 heavy (non-hydrogen) atoms. The molecule has 1 N–H and O–H groups in total. The molecule has 170 valence electrons. The van der Waals surface area contributed by atoms with Crippen molar-refractivity contribution < 1.29 is 13.2 Å². The standard InChI is InChI=1S/C27H23N3O3S/c1-18-9-12-23(19(2)15-18)16-28-29-27(31)22-13-10-20(11-14-22)17-30-24-7-3-5-21-6-4-8-25(26(21)24)34(30,32)33/h3-16H,17H2,1-2H3,(H,29,31)/b28-16+. The molecule has 0 saturated heterocycles. The van der Waals surface area contributed by atoms with Gasteiger partial charge in [-0.3, -0.25) is 9.10 Å². The summed E-state index contributed by atoms with van der Waals surface area (Å²) < 4.78 is 27.8. The maximum atomic E-state index is 13.2. The minimum absolute atomic E-state index is 0.183. The van der Waals surface area contributed by atoms with Crippen LogP contribution in [-0.2, 0) is 16.6 Å². The Morgan fingerprint density at radius 2 is 1.71 bits per heavy atom. The lowest BCUT2D eigenvalue weighted by molar-refractivity contribution is 0.0955. The lowest BCUT2D eigenvalue weighted by Gasteiger charge is -2.19. The first-order chi connectivity index (χ1) is 16.3. The second kappa shape index (κ2) is 8.43. The zero-order valence-electron chi connectivity index (χ0n) is 18.8. The fraction of sp³-hybridized carbons (Fsp3) is 0.111. The molecule has 0 unspecified atom stereocenters. The van der Waals surface area contributed by atoms with Crippen molar-refractivity contribution in [2.75, 3.05) is 4.31 Å². The fourth-order valence-electron chi connectivity index (χ4n) is 4.25. The highest BCUT2D eigenvalue weighted by atomic mass is 32.2. The van der Waals surface area contributed by atoms with Gasteiger partial charge in [-0.25, -0.2) is 13.8 Å². The van der Waals surface area contributed by atoms with E-state index in [0.29, 0.717) is 16.1 Å². The average Bonchev–Trinajstić information content (AvgIpc) is 3.04. The number of anilines is 1. The number of benzene rings is 4. The summed E-state index contributed by atoms with van der Waals surface area (Å²) in [6.45, 7) is 4.20. The number of sulfonamides is 1. The van der Waals surface area contributed by atoms with Crippen molar-refractivity contribution in [1.82, 2.24) is 5.43 Å². The molecule has 0 aliphatic carbocycles. The van der Waals surface area contributed by atoms with E-state index in [1.165, 1.54) is 9.87 Å². The first-order valence-electron chi connectivity index (χ1n) is 10.9.